The third kappa shape index (κ3) is 2.09. The molecule has 5 nitrogen and oxygen atoms in total. The van der Waals surface area contributed by atoms with Crippen LogP contribution < -0.4 is 0 Å². The molecule has 0 saturated carbocycles. The number of carbonyl (C=O) groups is 2. The number of hydrogen-bond acceptors (Lipinski definition) is 3. The summed E-state index contributed by atoms with van der Waals surface area (Å²) in [5.74, 6) is -0.942. The van der Waals surface area contributed by atoms with Gasteiger partial charge in [-0.1, -0.05) is 18.2 Å². The van der Waals surface area contributed by atoms with E-state index in [4.69, 9.17) is 4.42 Å². The van der Waals surface area contributed by atoms with Crippen molar-refractivity contribution in [2.75, 3.05) is 0 Å². The zero-order valence-electron chi connectivity index (χ0n) is 12.1. The van der Waals surface area contributed by atoms with Crippen LogP contribution in [0.25, 0.3) is 17.0 Å². The first kappa shape index (κ1) is 13.6. The molecule has 1 aromatic carbocycles. The Morgan fingerprint density at radius 3 is 2.91 bits per heavy atom. The molecule has 3 aromatic rings. The number of furan rings is 1. The summed E-state index contributed by atoms with van der Waals surface area (Å²) in [6.45, 7) is 0. The summed E-state index contributed by atoms with van der Waals surface area (Å²) in [5.41, 5.74) is 2.65. The van der Waals surface area contributed by atoms with Gasteiger partial charge < -0.3 is 14.5 Å². The molecule has 4 rings (SSSR count). The van der Waals surface area contributed by atoms with Gasteiger partial charge in [-0.05, 0) is 18.6 Å². The van der Waals surface area contributed by atoms with Crippen LogP contribution in [-0.2, 0) is 6.42 Å². The van der Waals surface area contributed by atoms with Crippen LogP contribution >= 0.6 is 0 Å². The van der Waals surface area contributed by atoms with Crippen molar-refractivity contribution in [1.29, 1.82) is 0 Å². The van der Waals surface area contributed by atoms with Crippen LogP contribution in [-0.4, -0.2) is 21.8 Å². The highest BCUT2D eigenvalue weighted by atomic mass is 16.4. The molecule has 1 aliphatic rings. The fourth-order valence-corrected chi connectivity index (χ4v) is 3.05. The van der Waals surface area contributed by atoms with Crippen molar-refractivity contribution in [3.8, 4) is 0 Å². The molecule has 0 fully saturated rings. The first-order valence-corrected chi connectivity index (χ1v) is 7.30. The lowest BCUT2D eigenvalue weighted by molar-refractivity contribution is 0.0692. The summed E-state index contributed by atoms with van der Waals surface area (Å²) in [6.07, 6.45) is 5.91. The summed E-state index contributed by atoms with van der Waals surface area (Å²) < 4.78 is 5.24. The maximum absolute atomic E-state index is 12.7. The molecule has 1 aliphatic carbocycles. The van der Waals surface area contributed by atoms with Crippen LogP contribution in [0.5, 0.6) is 0 Å². The largest absolute Gasteiger partial charge is 0.478 e. The average Bonchev–Trinajstić information content (AvgIpc) is 3.15. The molecule has 0 radical (unpaired) electrons. The van der Waals surface area contributed by atoms with E-state index in [2.05, 4.69) is 4.98 Å². The van der Waals surface area contributed by atoms with E-state index in [0.717, 1.165) is 22.7 Å². The van der Waals surface area contributed by atoms with Gasteiger partial charge in [0.1, 0.15) is 17.6 Å². The van der Waals surface area contributed by atoms with E-state index >= 15 is 0 Å². The van der Waals surface area contributed by atoms with Crippen molar-refractivity contribution in [2.45, 2.75) is 12.8 Å². The third-order valence-corrected chi connectivity index (χ3v) is 4.19. The van der Waals surface area contributed by atoms with Gasteiger partial charge in [0, 0.05) is 34.7 Å². The number of rotatable bonds is 2. The van der Waals surface area contributed by atoms with Gasteiger partial charge >= 0.3 is 5.97 Å². The molecule has 0 spiro atoms. The summed E-state index contributed by atoms with van der Waals surface area (Å²) in [6, 6.07) is 7.84. The first-order chi connectivity index (χ1) is 11.1. The monoisotopic (exact) mass is 307 g/mol. The number of ketones is 1. The van der Waals surface area contributed by atoms with E-state index in [9.17, 15) is 14.7 Å². The zero-order chi connectivity index (χ0) is 16.0. The predicted molar refractivity (Wildman–Crippen MR) is 84.6 cm³/mol. The number of allylic oxidation sites excluding steroid dienone is 1. The molecular weight excluding hydrogens is 294 g/mol. The van der Waals surface area contributed by atoms with Gasteiger partial charge in [-0.15, -0.1) is 0 Å². The van der Waals surface area contributed by atoms with Crippen LogP contribution in [0.4, 0.5) is 0 Å². The Morgan fingerprint density at radius 1 is 1.26 bits per heavy atom. The van der Waals surface area contributed by atoms with Crippen molar-refractivity contribution in [3.05, 3.63) is 64.7 Å². The number of hydrogen-bond donors (Lipinski definition) is 2. The summed E-state index contributed by atoms with van der Waals surface area (Å²) >= 11 is 0. The molecule has 2 heterocycles. The van der Waals surface area contributed by atoms with Crippen molar-refractivity contribution >= 4 is 28.7 Å². The van der Waals surface area contributed by atoms with Crippen molar-refractivity contribution < 1.29 is 19.1 Å². The Bertz CT molecular complexity index is 974. The van der Waals surface area contributed by atoms with Crippen LogP contribution in [0.2, 0.25) is 0 Å². The van der Waals surface area contributed by atoms with Gasteiger partial charge in [0.15, 0.2) is 5.78 Å². The fourth-order valence-electron chi connectivity index (χ4n) is 3.05. The maximum Gasteiger partial charge on any atom is 0.339 e. The van der Waals surface area contributed by atoms with E-state index in [1.807, 2.05) is 36.5 Å². The molecular formula is C18H13NO4. The third-order valence-electron chi connectivity index (χ3n) is 4.19. The second kappa shape index (κ2) is 4.98. The number of para-hydroxylation sites is 1. The Labute approximate surface area is 131 Å². The molecule has 114 valence electrons. The number of aromatic amines is 1. The number of nitrogens with one attached hydrogen (secondary N) is 1. The average molecular weight is 307 g/mol. The Kier molecular flexibility index (Phi) is 2.94. The highest BCUT2D eigenvalue weighted by molar-refractivity contribution is 6.17. The number of carboxylic acids is 1. The molecule has 0 aliphatic heterocycles. The number of carbonyl (C=O) groups excluding carboxylic acids is 1. The number of benzene rings is 1. The van der Waals surface area contributed by atoms with Gasteiger partial charge in [0.25, 0.3) is 0 Å². The normalized spacial score (nSPS) is 16.0. The SMILES string of the molecule is O=C(O)c1coc2c1C(=O)/C(=C/c1c[nH]c3ccccc13)CC2. The molecule has 0 saturated heterocycles. The Balaban J connectivity index is 1.80. The topological polar surface area (TPSA) is 83.3 Å². The second-order valence-electron chi connectivity index (χ2n) is 5.54. The van der Waals surface area contributed by atoms with Crippen LogP contribution in [0.1, 0.15) is 38.5 Å². The number of carboxylic acid groups (broad SMARTS) is 1. The molecule has 0 amide bonds. The molecule has 0 atom stereocenters. The number of aromatic nitrogens is 1. The van der Waals surface area contributed by atoms with E-state index in [-0.39, 0.29) is 16.9 Å². The van der Waals surface area contributed by atoms with Gasteiger partial charge in [-0.25, -0.2) is 4.79 Å². The van der Waals surface area contributed by atoms with Crippen molar-refractivity contribution in [1.82, 2.24) is 4.98 Å². The second-order valence-corrected chi connectivity index (χ2v) is 5.54. The minimum Gasteiger partial charge on any atom is -0.478 e. The smallest absolute Gasteiger partial charge is 0.339 e. The summed E-state index contributed by atoms with van der Waals surface area (Å²) in [7, 11) is 0. The standard InChI is InChI=1S/C18H13NO4/c20-17-10(5-6-15-16(17)13(9-23-15)18(21)22)7-11-8-19-14-4-2-1-3-12(11)14/h1-4,7-9,19H,5-6H2,(H,21,22)/b10-7+. The van der Waals surface area contributed by atoms with Crippen molar-refractivity contribution in [2.24, 2.45) is 0 Å². The highest BCUT2D eigenvalue weighted by Crippen LogP contribution is 2.31. The minimum absolute atomic E-state index is 0.0606. The number of aryl methyl sites for hydroxylation is 1. The van der Waals surface area contributed by atoms with Gasteiger partial charge in [0.2, 0.25) is 0 Å². The lowest BCUT2D eigenvalue weighted by Gasteiger charge is -2.13. The summed E-state index contributed by atoms with van der Waals surface area (Å²) in [5, 5.41) is 10.2. The number of Topliss-reactive ketones (excluding diaryl/α,β-unsaturated/α-hetero) is 1. The number of fused-ring (bicyclic) bond motifs is 2. The number of H-pyrrole nitrogens is 1. The van der Waals surface area contributed by atoms with E-state index < -0.39 is 5.97 Å². The predicted octanol–water partition coefficient (Wildman–Crippen LogP) is 3.67. The van der Waals surface area contributed by atoms with Gasteiger partial charge in [-0.2, -0.15) is 0 Å². The quantitative estimate of drug-likeness (QED) is 0.708. The van der Waals surface area contributed by atoms with E-state index in [1.165, 1.54) is 0 Å². The van der Waals surface area contributed by atoms with Crippen LogP contribution in [0.3, 0.4) is 0 Å². The molecule has 2 aromatic heterocycles. The molecule has 23 heavy (non-hydrogen) atoms. The maximum atomic E-state index is 12.7. The Morgan fingerprint density at radius 2 is 2.09 bits per heavy atom. The van der Waals surface area contributed by atoms with E-state index in [0.29, 0.717) is 24.2 Å². The first-order valence-electron chi connectivity index (χ1n) is 7.30. The summed E-state index contributed by atoms with van der Waals surface area (Å²) in [4.78, 5) is 27.1. The lowest BCUT2D eigenvalue weighted by atomic mass is 9.88. The molecule has 0 bridgehead atoms. The van der Waals surface area contributed by atoms with Crippen LogP contribution in [0.15, 0.2) is 46.7 Å². The Hall–Kier alpha value is -3.08. The molecule has 5 heteroatoms. The zero-order valence-corrected chi connectivity index (χ0v) is 12.1. The molecule has 2 N–H and O–H groups in total. The van der Waals surface area contributed by atoms with Gasteiger partial charge in [0.05, 0.1) is 5.56 Å². The van der Waals surface area contributed by atoms with E-state index in [1.54, 1.807) is 0 Å². The lowest BCUT2D eigenvalue weighted by Crippen LogP contribution is -2.15. The number of aromatic carboxylic acids is 1. The highest BCUT2D eigenvalue weighted by Gasteiger charge is 2.30. The minimum atomic E-state index is -1.14. The fraction of sp³-hybridized carbons (Fsp3) is 0.111. The van der Waals surface area contributed by atoms with Gasteiger partial charge in [-0.3, -0.25) is 4.79 Å². The van der Waals surface area contributed by atoms with Crippen molar-refractivity contribution in [3.63, 3.8) is 0 Å². The molecule has 0 unspecified atom stereocenters. The van der Waals surface area contributed by atoms with Crippen LogP contribution in [0, 0.1) is 0 Å².